The standard InChI is InChI=1S/C15H27N3O2/c1-3-4-13(12-5-6-12)9-18(16-2)11-15(20)17-8-7-14(19)10-17/h9,12,14,16,19H,3-8,10-11H2,1-2H3/b13-9+. The van der Waals surface area contributed by atoms with E-state index < -0.39 is 0 Å². The number of likely N-dealkylation sites (tertiary alicyclic amines) is 1. The number of carbonyl (C=O) groups is 1. The summed E-state index contributed by atoms with van der Waals surface area (Å²) in [5.41, 5.74) is 4.54. The predicted molar refractivity (Wildman–Crippen MR) is 78.7 cm³/mol. The van der Waals surface area contributed by atoms with Crippen LogP contribution < -0.4 is 5.43 Å². The molecular weight excluding hydrogens is 254 g/mol. The van der Waals surface area contributed by atoms with Gasteiger partial charge in [-0.25, -0.2) is 5.43 Å². The van der Waals surface area contributed by atoms with E-state index >= 15 is 0 Å². The monoisotopic (exact) mass is 281 g/mol. The van der Waals surface area contributed by atoms with E-state index in [1.165, 1.54) is 18.4 Å². The Hall–Kier alpha value is -1.07. The van der Waals surface area contributed by atoms with E-state index in [1.807, 2.05) is 12.1 Å². The van der Waals surface area contributed by atoms with Crippen LogP contribution in [0.2, 0.25) is 0 Å². The molecule has 1 heterocycles. The molecule has 1 aliphatic heterocycles. The number of carbonyl (C=O) groups excluding carboxylic acids is 1. The Bertz CT molecular complexity index is 366. The van der Waals surface area contributed by atoms with Gasteiger partial charge >= 0.3 is 0 Å². The molecule has 1 unspecified atom stereocenters. The Morgan fingerprint density at radius 1 is 1.45 bits per heavy atom. The van der Waals surface area contributed by atoms with Crippen molar-refractivity contribution in [2.24, 2.45) is 5.92 Å². The molecule has 2 N–H and O–H groups in total. The highest BCUT2D eigenvalue weighted by atomic mass is 16.3. The summed E-state index contributed by atoms with van der Waals surface area (Å²) in [7, 11) is 1.85. The normalized spacial score (nSPS) is 23.2. The van der Waals surface area contributed by atoms with Gasteiger partial charge in [0.15, 0.2) is 0 Å². The maximum Gasteiger partial charge on any atom is 0.243 e. The van der Waals surface area contributed by atoms with E-state index in [0.29, 0.717) is 26.1 Å². The van der Waals surface area contributed by atoms with E-state index in [0.717, 1.165) is 18.8 Å². The van der Waals surface area contributed by atoms with Gasteiger partial charge in [0.05, 0.1) is 6.10 Å². The maximum absolute atomic E-state index is 12.2. The van der Waals surface area contributed by atoms with Crippen molar-refractivity contribution < 1.29 is 9.90 Å². The lowest BCUT2D eigenvalue weighted by Crippen LogP contribution is -2.42. The first-order valence-corrected chi connectivity index (χ1v) is 7.74. The number of rotatable bonds is 7. The van der Waals surface area contributed by atoms with Crippen molar-refractivity contribution in [1.29, 1.82) is 0 Å². The second-order valence-corrected chi connectivity index (χ2v) is 5.86. The number of aliphatic hydroxyl groups excluding tert-OH is 1. The molecule has 1 atom stereocenters. The number of hydrogen-bond acceptors (Lipinski definition) is 4. The zero-order valence-corrected chi connectivity index (χ0v) is 12.6. The van der Waals surface area contributed by atoms with Crippen molar-refractivity contribution in [2.45, 2.75) is 45.1 Å². The molecule has 1 saturated carbocycles. The van der Waals surface area contributed by atoms with E-state index in [-0.39, 0.29) is 12.0 Å². The molecule has 2 fully saturated rings. The van der Waals surface area contributed by atoms with Crippen molar-refractivity contribution in [3.63, 3.8) is 0 Å². The molecule has 114 valence electrons. The van der Waals surface area contributed by atoms with Gasteiger partial charge in [0, 0.05) is 26.3 Å². The predicted octanol–water partition coefficient (Wildman–Crippen LogP) is 1.11. The van der Waals surface area contributed by atoms with Crippen LogP contribution in [0.15, 0.2) is 11.8 Å². The summed E-state index contributed by atoms with van der Waals surface area (Å²) in [5.74, 6) is 0.813. The van der Waals surface area contributed by atoms with Gasteiger partial charge < -0.3 is 15.0 Å². The first kappa shape index (κ1) is 15.3. The van der Waals surface area contributed by atoms with Crippen molar-refractivity contribution in [3.8, 4) is 0 Å². The van der Waals surface area contributed by atoms with Gasteiger partial charge in [-0.1, -0.05) is 13.3 Å². The van der Waals surface area contributed by atoms with Gasteiger partial charge in [0.25, 0.3) is 0 Å². The molecule has 0 aromatic heterocycles. The molecule has 1 saturated heterocycles. The first-order chi connectivity index (χ1) is 9.63. The quantitative estimate of drug-likeness (QED) is 0.686. The number of β-amino-alcohol motifs (C(OH)–C–C–N with tert-alkyl or cyclic N) is 1. The highest BCUT2D eigenvalue weighted by Gasteiger charge is 2.27. The molecule has 1 amide bonds. The molecule has 0 radical (unpaired) electrons. The summed E-state index contributed by atoms with van der Waals surface area (Å²) in [6.07, 6.45) is 7.30. The number of hydrogen-bond donors (Lipinski definition) is 2. The summed E-state index contributed by atoms with van der Waals surface area (Å²) >= 11 is 0. The Labute approximate surface area is 121 Å². The molecule has 0 aromatic rings. The van der Waals surface area contributed by atoms with Crippen LogP contribution >= 0.6 is 0 Å². The van der Waals surface area contributed by atoms with Gasteiger partial charge in [0.2, 0.25) is 5.91 Å². The Morgan fingerprint density at radius 3 is 2.70 bits per heavy atom. The van der Waals surface area contributed by atoms with E-state index in [4.69, 9.17) is 0 Å². The van der Waals surface area contributed by atoms with Crippen LogP contribution in [-0.4, -0.2) is 53.7 Å². The summed E-state index contributed by atoms with van der Waals surface area (Å²) in [4.78, 5) is 13.9. The number of nitrogens with zero attached hydrogens (tertiary/aromatic N) is 2. The van der Waals surface area contributed by atoms with E-state index in [2.05, 4.69) is 18.5 Å². The van der Waals surface area contributed by atoms with Gasteiger partial charge in [-0.05, 0) is 37.2 Å². The minimum absolute atomic E-state index is 0.0822. The number of hydrazine groups is 1. The highest BCUT2D eigenvalue weighted by Crippen LogP contribution is 2.38. The molecule has 5 nitrogen and oxygen atoms in total. The van der Waals surface area contributed by atoms with Crippen molar-refractivity contribution in [1.82, 2.24) is 15.3 Å². The average molecular weight is 281 g/mol. The van der Waals surface area contributed by atoms with Crippen LogP contribution in [0.3, 0.4) is 0 Å². The second-order valence-electron chi connectivity index (χ2n) is 5.86. The maximum atomic E-state index is 12.2. The SMILES string of the molecule is CCC/C(=C\N(CC(=O)N1CCC(O)C1)NC)C1CC1. The minimum atomic E-state index is -0.348. The summed E-state index contributed by atoms with van der Waals surface area (Å²) in [6.45, 7) is 3.68. The first-order valence-electron chi connectivity index (χ1n) is 7.74. The zero-order valence-electron chi connectivity index (χ0n) is 12.6. The van der Waals surface area contributed by atoms with Gasteiger partial charge in [-0.15, -0.1) is 0 Å². The number of allylic oxidation sites excluding steroid dienone is 1. The Balaban J connectivity index is 1.90. The van der Waals surface area contributed by atoms with Crippen LogP contribution in [0, 0.1) is 5.92 Å². The van der Waals surface area contributed by atoms with Crippen molar-refractivity contribution in [3.05, 3.63) is 11.8 Å². The smallest absolute Gasteiger partial charge is 0.243 e. The summed E-state index contributed by atoms with van der Waals surface area (Å²) in [5, 5.41) is 11.4. The van der Waals surface area contributed by atoms with Crippen molar-refractivity contribution >= 4 is 5.91 Å². The van der Waals surface area contributed by atoms with Crippen LogP contribution in [0.25, 0.3) is 0 Å². The van der Waals surface area contributed by atoms with E-state index in [9.17, 15) is 9.90 Å². The molecule has 0 spiro atoms. The zero-order chi connectivity index (χ0) is 14.5. The van der Waals surface area contributed by atoms with Gasteiger partial charge in [-0.2, -0.15) is 0 Å². The van der Waals surface area contributed by atoms with Gasteiger partial charge in [-0.3, -0.25) is 4.79 Å². The molecule has 2 rings (SSSR count). The second kappa shape index (κ2) is 7.09. The van der Waals surface area contributed by atoms with Crippen LogP contribution in [0.1, 0.15) is 39.0 Å². The third-order valence-corrected chi connectivity index (χ3v) is 4.07. The third kappa shape index (κ3) is 4.21. The minimum Gasteiger partial charge on any atom is -0.391 e. The Morgan fingerprint density at radius 2 is 2.20 bits per heavy atom. The van der Waals surface area contributed by atoms with E-state index in [1.54, 1.807) is 4.90 Å². The lowest BCUT2D eigenvalue weighted by atomic mass is 10.1. The lowest BCUT2D eigenvalue weighted by molar-refractivity contribution is -0.131. The lowest BCUT2D eigenvalue weighted by Gasteiger charge is -2.24. The number of amides is 1. The largest absolute Gasteiger partial charge is 0.391 e. The fourth-order valence-electron chi connectivity index (χ4n) is 2.72. The molecule has 20 heavy (non-hydrogen) atoms. The molecular formula is C15H27N3O2. The molecule has 2 aliphatic rings. The molecule has 1 aliphatic carbocycles. The van der Waals surface area contributed by atoms with Crippen molar-refractivity contribution in [2.75, 3.05) is 26.7 Å². The van der Waals surface area contributed by atoms with Crippen LogP contribution in [0.5, 0.6) is 0 Å². The Kier molecular flexibility index (Phi) is 5.43. The summed E-state index contributed by atoms with van der Waals surface area (Å²) in [6, 6.07) is 0. The van der Waals surface area contributed by atoms with Crippen LogP contribution in [0.4, 0.5) is 0 Å². The third-order valence-electron chi connectivity index (χ3n) is 4.07. The number of aliphatic hydroxyl groups is 1. The van der Waals surface area contributed by atoms with Crippen LogP contribution in [-0.2, 0) is 4.79 Å². The molecule has 0 aromatic carbocycles. The fourth-order valence-corrected chi connectivity index (χ4v) is 2.72. The highest BCUT2D eigenvalue weighted by molar-refractivity contribution is 5.78. The number of nitrogens with one attached hydrogen (secondary N) is 1. The topological polar surface area (TPSA) is 55.8 Å². The molecule has 5 heteroatoms. The summed E-state index contributed by atoms with van der Waals surface area (Å²) < 4.78 is 0. The van der Waals surface area contributed by atoms with Gasteiger partial charge in [0.1, 0.15) is 6.54 Å². The molecule has 0 bridgehead atoms. The average Bonchev–Trinajstić information content (AvgIpc) is 3.18. The fraction of sp³-hybridized carbons (Fsp3) is 0.800.